The molecule has 0 bridgehead atoms. The molecule has 1 aromatic heterocycles. The van der Waals surface area contributed by atoms with Gasteiger partial charge in [-0.05, 0) is 37.1 Å². The van der Waals surface area contributed by atoms with Gasteiger partial charge in [0.2, 0.25) is 0 Å². The fourth-order valence-electron chi connectivity index (χ4n) is 1.55. The second kappa shape index (κ2) is 4.93. The molecule has 1 heterocycles. The molecule has 0 saturated carbocycles. The molecule has 0 aliphatic rings. The fraction of sp³-hybridized carbons (Fsp3) is 0.231. The second-order valence-electron chi connectivity index (χ2n) is 3.96. The van der Waals surface area contributed by atoms with E-state index in [0.717, 1.165) is 11.3 Å². The monoisotopic (exact) mass is 229 g/mol. The smallest absolute Gasteiger partial charge is 0.156 e. The Balaban J connectivity index is 2.27. The Kier molecular flexibility index (Phi) is 3.35. The van der Waals surface area contributed by atoms with Crippen molar-refractivity contribution in [2.75, 3.05) is 5.32 Å². The lowest BCUT2D eigenvalue weighted by molar-refractivity contribution is 0.271. The quantitative estimate of drug-likeness (QED) is 0.848. The Hall–Kier alpha value is -1.94. The molecule has 0 atom stereocenters. The first-order valence-electron chi connectivity index (χ1n) is 5.46. The number of aliphatic hydroxyl groups excluding tert-OH is 1. The van der Waals surface area contributed by atoms with E-state index in [-0.39, 0.29) is 6.61 Å². The molecule has 0 saturated heterocycles. The minimum absolute atomic E-state index is 0.150. The zero-order valence-corrected chi connectivity index (χ0v) is 9.94. The van der Waals surface area contributed by atoms with Crippen LogP contribution in [-0.2, 0) is 6.61 Å². The van der Waals surface area contributed by atoms with Crippen molar-refractivity contribution in [1.29, 1.82) is 0 Å². The van der Waals surface area contributed by atoms with E-state index in [0.29, 0.717) is 11.6 Å². The maximum Gasteiger partial charge on any atom is 0.156 e. The van der Waals surface area contributed by atoms with E-state index in [9.17, 15) is 0 Å². The molecule has 17 heavy (non-hydrogen) atoms. The van der Waals surface area contributed by atoms with E-state index in [1.54, 1.807) is 12.3 Å². The van der Waals surface area contributed by atoms with Crippen LogP contribution in [0.5, 0.6) is 0 Å². The van der Waals surface area contributed by atoms with Gasteiger partial charge in [-0.2, -0.15) is 0 Å². The molecule has 4 nitrogen and oxygen atoms in total. The summed E-state index contributed by atoms with van der Waals surface area (Å²) in [5, 5.41) is 12.2. The summed E-state index contributed by atoms with van der Waals surface area (Å²) in [6.45, 7) is 3.93. The summed E-state index contributed by atoms with van der Waals surface area (Å²) in [6.07, 6.45) is 1.63. The van der Waals surface area contributed by atoms with Crippen molar-refractivity contribution >= 4 is 11.5 Å². The predicted molar refractivity (Wildman–Crippen MR) is 67.2 cm³/mol. The Labute approximate surface area is 100 Å². The van der Waals surface area contributed by atoms with Gasteiger partial charge in [0.25, 0.3) is 0 Å². The lowest BCUT2D eigenvalue weighted by Gasteiger charge is -2.10. The molecule has 2 rings (SSSR count). The average molecular weight is 229 g/mol. The van der Waals surface area contributed by atoms with Crippen molar-refractivity contribution in [3.05, 3.63) is 47.4 Å². The molecule has 0 amide bonds. The molecule has 2 N–H and O–H groups in total. The first kappa shape index (κ1) is 11.5. The number of aryl methyl sites for hydroxylation is 2. The van der Waals surface area contributed by atoms with E-state index in [2.05, 4.69) is 33.5 Å². The third-order valence-corrected chi connectivity index (χ3v) is 2.50. The fourth-order valence-corrected chi connectivity index (χ4v) is 1.55. The van der Waals surface area contributed by atoms with Crippen molar-refractivity contribution in [1.82, 2.24) is 9.97 Å². The summed E-state index contributed by atoms with van der Waals surface area (Å²) < 4.78 is 0. The van der Waals surface area contributed by atoms with Gasteiger partial charge in [0.15, 0.2) is 5.82 Å². The standard InChI is InChI=1S/C13H15N3O/c1-9-3-4-10(2)11(7-9)15-12-5-6-14-13(8-17)16-12/h3-7,17H,8H2,1-2H3,(H,14,15,16). The molecule has 2 aromatic rings. The van der Waals surface area contributed by atoms with Crippen LogP contribution in [0.4, 0.5) is 11.5 Å². The van der Waals surface area contributed by atoms with E-state index < -0.39 is 0 Å². The van der Waals surface area contributed by atoms with Crippen molar-refractivity contribution in [3.8, 4) is 0 Å². The van der Waals surface area contributed by atoms with Crippen molar-refractivity contribution in [3.63, 3.8) is 0 Å². The Morgan fingerprint density at radius 1 is 1.24 bits per heavy atom. The summed E-state index contributed by atoms with van der Waals surface area (Å²) >= 11 is 0. The van der Waals surface area contributed by atoms with Crippen LogP contribution in [0.2, 0.25) is 0 Å². The van der Waals surface area contributed by atoms with Crippen LogP contribution in [0, 0.1) is 13.8 Å². The third-order valence-electron chi connectivity index (χ3n) is 2.50. The largest absolute Gasteiger partial charge is 0.388 e. The third kappa shape index (κ3) is 2.79. The van der Waals surface area contributed by atoms with Crippen LogP contribution in [0.25, 0.3) is 0 Å². The molecule has 0 aliphatic carbocycles. The zero-order valence-electron chi connectivity index (χ0n) is 9.94. The molecule has 0 aliphatic heterocycles. The lowest BCUT2D eigenvalue weighted by Crippen LogP contribution is -2.00. The maximum atomic E-state index is 8.97. The van der Waals surface area contributed by atoms with Crippen LogP contribution < -0.4 is 5.32 Å². The first-order valence-corrected chi connectivity index (χ1v) is 5.46. The molecule has 0 radical (unpaired) electrons. The first-order chi connectivity index (χ1) is 8.19. The number of aliphatic hydroxyl groups is 1. The molecular formula is C13H15N3O. The minimum Gasteiger partial charge on any atom is -0.388 e. The van der Waals surface area contributed by atoms with Crippen LogP contribution in [0.3, 0.4) is 0 Å². The molecule has 4 heteroatoms. The Morgan fingerprint density at radius 2 is 2.06 bits per heavy atom. The topological polar surface area (TPSA) is 58.0 Å². The van der Waals surface area contributed by atoms with Crippen molar-refractivity contribution < 1.29 is 5.11 Å². The number of hydrogen-bond acceptors (Lipinski definition) is 4. The average Bonchev–Trinajstić information content (AvgIpc) is 2.34. The Morgan fingerprint density at radius 3 is 2.82 bits per heavy atom. The summed E-state index contributed by atoms with van der Waals surface area (Å²) in [5.74, 6) is 1.11. The predicted octanol–water partition coefficient (Wildman–Crippen LogP) is 2.33. The summed E-state index contributed by atoms with van der Waals surface area (Å²) in [6, 6.07) is 7.97. The SMILES string of the molecule is Cc1ccc(C)c(Nc2ccnc(CO)n2)c1. The van der Waals surface area contributed by atoms with E-state index in [1.165, 1.54) is 5.56 Å². The molecule has 0 spiro atoms. The number of rotatable bonds is 3. The van der Waals surface area contributed by atoms with Crippen LogP contribution in [0.15, 0.2) is 30.5 Å². The Bertz CT molecular complexity index is 526. The zero-order chi connectivity index (χ0) is 12.3. The summed E-state index contributed by atoms with van der Waals surface area (Å²) in [4.78, 5) is 8.12. The highest BCUT2D eigenvalue weighted by Crippen LogP contribution is 2.20. The van der Waals surface area contributed by atoms with E-state index in [1.807, 2.05) is 13.8 Å². The van der Waals surface area contributed by atoms with Crippen molar-refractivity contribution in [2.45, 2.75) is 20.5 Å². The summed E-state index contributed by atoms with van der Waals surface area (Å²) in [5.41, 5.74) is 3.36. The highest BCUT2D eigenvalue weighted by molar-refractivity contribution is 5.61. The lowest BCUT2D eigenvalue weighted by atomic mass is 10.1. The van der Waals surface area contributed by atoms with Gasteiger partial charge in [-0.3, -0.25) is 0 Å². The normalized spacial score (nSPS) is 10.3. The number of anilines is 2. The molecular weight excluding hydrogens is 214 g/mol. The highest BCUT2D eigenvalue weighted by Gasteiger charge is 2.01. The number of benzene rings is 1. The van der Waals surface area contributed by atoms with Gasteiger partial charge in [0.05, 0.1) is 0 Å². The molecule has 1 aromatic carbocycles. The van der Waals surface area contributed by atoms with Gasteiger partial charge in [0.1, 0.15) is 12.4 Å². The van der Waals surface area contributed by atoms with E-state index >= 15 is 0 Å². The van der Waals surface area contributed by atoms with Gasteiger partial charge in [0, 0.05) is 11.9 Å². The van der Waals surface area contributed by atoms with Crippen LogP contribution in [0.1, 0.15) is 17.0 Å². The van der Waals surface area contributed by atoms with Crippen LogP contribution >= 0.6 is 0 Å². The molecule has 88 valence electrons. The second-order valence-corrected chi connectivity index (χ2v) is 3.96. The van der Waals surface area contributed by atoms with Gasteiger partial charge in [-0.15, -0.1) is 0 Å². The summed E-state index contributed by atoms with van der Waals surface area (Å²) in [7, 11) is 0. The minimum atomic E-state index is -0.150. The molecule has 0 fully saturated rings. The van der Waals surface area contributed by atoms with Gasteiger partial charge in [-0.25, -0.2) is 9.97 Å². The van der Waals surface area contributed by atoms with Crippen LogP contribution in [-0.4, -0.2) is 15.1 Å². The maximum absolute atomic E-state index is 8.97. The number of nitrogens with one attached hydrogen (secondary N) is 1. The highest BCUT2D eigenvalue weighted by atomic mass is 16.3. The van der Waals surface area contributed by atoms with Gasteiger partial charge in [-0.1, -0.05) is 12.1 Å². The molecule has 0 unspecified atom stereocenters. The van der Waals surface area contributed by atoms with Gasteiger partial charge < -0.3 is 10.4 Å². The van der Waals surface area contributed by atoms with Crippen molar-refractivity contribution in [2.24, 2.45) is 0 Å². The van der Waals surface area contributed by atoms with Gasteiger partial charge >= 0.3 is 0 Å². The number of nitrogens with zero attached hydrogens (tertiary/aromatic N) is 2. The number of hydrogen-bond donors (Lipinski definition) is 2. The van der Waals surface area contributed by atoms with E-state index in [4.69, 9.17) is 5.11 Å². The number of aromatic nitrogens is 2.